The Bertz CT molecular complexity index is 1030. The van der Waals surface area contributed by atoms with Crippen LogP contribution in [0.1, 0.15) is 11.1 Å². The minimum atomic E-state index is -0.337. The number of aryl methyl sites for hydroxylation is 2. The zero-order chi connectivity index (χ0) is 16.0. The first-order valence-electron chi connectivity index (χ1n) is 7.57. The molecule has 0 aliphatic carbocycles. The van der Waals surface area contributed by atoms with Gasteiger partial charge in [-0.2, -0.15) is 0 Å². The molecule has 1 N–H and O–H groups in total. The topological polar surface area (TPSA) is 25.2 Å². The van der Waals surface area contributed by atoms with Crippen molar-refractivity contribution in [2.45, 2.75) is 13.8 Å². The van der Waals surface area contributed by atoms with Crippen LogP contribution < -0.4 is 5.32 Å². The summed E-state index contributed by atoms with van der Waals surface area (Å²) in [5.74, 6) is -0.337. The third-order valence-corrected chi connectivity index (χ3v) is 4.13. The molecule has 0 bridgehead atoms. The Kier molecular flexibility index (Phi) is 3.08. The number of para-hydroxylation sites is 2. The molecule has 4 aromatic rings. The number of hydrogen-bond donors (Lipinski definition) is 1. The highest BCUT2D eigenvalue weighted by Crippen LogP contribution is 2.36. The molecule has 3 heteroatoms. The van der Waals surface area contributed by atoms with Gasteiger partial charge in [-0.15, -0.1) is 0 Å². The van der Waals surface area contributed by atoms with Crippen LogP contribution in [0.25, 0.3) is 21.9 Å². The summed E-state index contributed by atoms with van der Waals surface area (Å²) in [6.45, 7) is 4.13. The number of fused-ring (bicyclic) bond motifs is 3. The fourth-order valence-electron chi connectivity index (χ4n) is 2.98. The zero-order valence-corrected chi connectivity index (χ0v) is 13.0. The molecule has 0 spiro atoms. The molecule has 0 saturated heterocycles. The number of nitrogens with one attached hydrogen (secondary N) is 1. The van der Waals surface area contributed by atoms with Crippen LogP contribution in [0.3, 0.4) is 0 Å². The van der Waals surface area contributed by atoms with Gasteiger partial charge in [-0.1, -0.05) is 42.0 Å². The van der Waals surface area contributed by atoms with Gasteiger partial charge in [-0.25, -0.2) is 4.39 Å². The highest BCUT2D eigenvalue weighted by atomic mass is 19.1. The van der Waals surface area contributed by atoms with Crippen LogP contribution in [0.2, 0.25) is 0 Å². The van der Waals surface area contributed by atoms with E-state index in [1.54, 1.807) is 6.07 Å². The number of hydrogen-bond acceptors (Lipinski definition) is 2. The van der Waals surface area contributed by atoms with Crippen molar-refractivity contribution in [2.24, 2.45) is 0 Å². The van der Waals surface area contributed by atoms with Gasteiger partial charge in [0.25, 0.3) is 0 Å². The number of benzene rings is 3. The van der Waals surface area contributed by atoms with Crippen molar-refractivity contribution in [2.75, 3.05) is 5.32 Å². The van der Waals surface area contributed by atoms with Crippen molar-refractivity contribution in [3.8, 4) is 0 Å². The van der Waals surface area contributed by atoms with Gasteiger partial charge in [0, 0.05) is 16.5 Å². The van der Waals surface area contributed by atoms with E-state index < -0.39 is 0 Å². The first-order chi connectivity index (χ1) is 11.1. The van der Waals surface area contributed by atoms with E-state index in [0.29, 0.717) is 11.2 Å². The largest absolute Gasteiger partial charge is 0.451 e. The molecule has 0 fully saturated rings. The average molecular weight is 305 g/mol. The van der Waals surface area contributed by atoms with Crippen molar-refractivity contribution in [1.82, 2.24) is 0 Å². The summed E-state index contributed by atoms with van der Waals surface area (Å²) in [6.07, 6.45) is 0. The Balaban J connectivity index is 1.90. The first kappa shape index (κ1) is 13.8. The lowest BCUT2D eigenvalue weighted by Gasteiger charge is -2.10. The molecule has 1 aromatic heterocycles. The van der Waals surface area contributed by atoms with Crippen molar-refractivity contribution in [3.05, 3.63) is 71.5 Å². The molecule has 1 heterocycles. The standard InChI is InChI=1S/C20H16FNO/c1-12-9-10-17(13(2)11-12)22-18-8-4-6-15-14-5-3-7-16(21)19(14)23-20(15)18/h3-11,22H,1-2H3. The maximum Gasteiger partial charge on any atom is 0.171 e. The molecular weight excluding hydrogens is 289 g/mol. The summed E-state index contributed by atoms with van der Waals surface area (Å²) in [5, 5.41) is 5.11. The maximum atomic E-state index is 14.0. The van der Waals surface area contributed by atoms with Gasteiger partial charge >= 0.3 is 0 Å². The van der Waals surface area contributed by atoms with Gasteiger partial charge < -0.3 is 9.73 Å². The molecule has 0 atom stereocenters. The predicted molar refractivity (Wildman–Crippen MR) is 92.9 cm³/mol. The van der Waals surface area contributed by atoms with Crippen LogP contribution in [0.5, 0.6) is 0 Å². The number of furan rings is 1. The second-order valence-electron chi connectivity index (χ2n) is 5.84. The van der Waals surface area contributed by atoms with Crippen LogP contribution in [-0.2, 0) is 0 Å². The van der Waals surface area contributed by atoms with E-state index in [-0.39, 0.29) is 5.82 Å². The second-order valence-corrected chi connectivity index (χ2v) is 5.84. The van der Waals surface area contributed by atoms with Crippen molar-refractivity contribution in [1.29, 1.82) is 0 Å². The molecule has 0 saturated carbocycles. The summed E-state index contributed by atoms with van der Waals surface area (Å²) in [4.78, 5) is 0. The fourth-order valence-corrected chi connectivity index (χ4v) is 2.98. The Hall–Kier alpha value is -2.81. The van der Waals surface area contributed by atoms with Crippen molar-refractivity contribution >= 4 is 33.3 Å². The second kappa shape index (κ2) is 5.13. The summed E-state index contributed by atoms with van der Waals surface area (Å²) in [7, 11) is 0. The van der Waals surface area contributed by atoms with Crippen LogP contribution in [0.15, 0.2) is 59.0 Å². The van der Waals surface area contributed by atoms with Crippen LogP contribution in [-0.4, -0.2) is 0 Å². The number of anilines is 2. The van der Waals surface area contributed by atoms with Gasteiger partial charge in [0.1, 0.15) is 0 Å². The summed E-state index contributed by atoms with van der Waals surface area (Å²) in [6, 6.07) is 17.1. The minimum absolute atomic E-state index is 0.303. The Labute approximate surface area is 133 Å². The van der Waals surface area contributed by atoms with E-state index in [9.17, 15) is 4.39 Å². The van der Waals surface area contributed by atoms with Gasteiger partial charge in [0.05, 0.1) is 5.69 Å². The smallest absolute Gasteiger partial charge is 0.171 e. The fraction of sp³-hybridized carbons (Fsp3) is 0.100. The molecule has 0 amide bonds. The Morgan fingerprint density at radius 3 is 2.35 bits per heavy atom. The first-order valence-corrected chi connectivity index (χ1v) is 7.57. The van der Waals surface area contributed by atoms with Crippen LogP contribution >= 0.6 is 0 Å². The predicted octanol–water partition coefficient (Wildman–Crippen LogP) is 6.09. The van der Waals surface area contributed by atoms with Crippen LogP contribution in [0.4, 0.5) is 15.8 Å². The van der Waals surface area contributed by atoms with Gasteiger partial charge in [-0.3, -0.25) is 0 Å². The van der Waals surface area contributed by atoms with E-state index in [0.717, 1.165) is 27.7 Å². The highest BCUT2D eigenvalue weighted by Gasteiger charge is 2.13. The van der Waals surface area contributed by atoms with Gasteiger partial charge in [-0.05, 0) is 37.6 Å². The lowest BCUT2D eigenvalue weighted by Crippen LogP contribution is -1.93. The molecule has 23 heavy (non-hydrogen) atoms. The normalized spacial score (nSPS) is 11.3. The van der Waals surface area contributed by atoms with E-state index in [4.69, 9.17) is 4.42 Å². The summed E-state index contributed by atoms with van der Waals surface area (Å²) < 4.78 is 19.8. The lowest BCUT2D eigenvalue weighted by molar-refractivity contribution is 0.584. The van der Waals surface area contributed by atoms with Gasteiger partial charge in [0.15, 0.2) is 17.0 Å². The molecule has 114 valence electrons. The van der Waals surface area contributed by atoms with E-state index in [1.807, 2.05) is 30.3 Å². The molecule has 2 nitrogen and oxygen atoms in total. The monoisotopic (exact) mass is 305 g/mol. The maximum absolute atomic E-state index is 14.0. The molecule has 0 radical (unpaired) electrons. The molecule has 4 rings (SSSR count). The zero-order valence-electron chi connectivity index (χ0n) is 13.0. The number of halogens is 1. The molecular formula is C20H16FNO. The third-order valence-electron chi connectivity index (χ3n) is 4.13. The third kappa shape index (κ3) is 2.25. The SMILES string of the molecule is Cc1ccc(Nc2cccc3c2oc2c(F)cccc23)c(C)c1. The quantitative estimate of drug-likeness (QED) is 0.485. The molecule has 0 unspecified atom stereocenters. The average Bonchev–Trinajstić information content (AvgIpc) is 2.91. The van der Waals surface area contributed by atoms with E-state index >= 15 is 0 Å². The summed E-state index contributed by atoms with van der Waals surface area (Å²) in [5.41, 5.74) is 5.21. The van der Waals surface area contributed by atoms with Crippen molar-refractivity contribution in [3.63, 3.8) is 0 Å². The lowest BCUT2D eigenvalue weighted by atomic mass is 10.1. The Morgan fingerprint density at radius 2 is 1.57 bits per heavy atom. The molecule has 0 aliphatic rings. The Morgan fingerprint density at radius 1 is 0.826 bits per heavy atom. The minimum Gasteiger partial charge on any atom is -0.451 e. The number of rotatable bonds is 2. The van der Waals surface area contributed by atoms with Crippen LogP contribution in [0, 0.1) is 19.7 Å². The van der Waals surface area contributed by atoms with Crippen molar-refractivity contribution < 1.29 is 8.81 Å². The molecule has 3 aromatic carbocycles. The highest BCUT2D eigenvalue weighted by molar-refractivity contribution is 6.09. The van der Waals surface area contributed by atoms with E-state index in [2.05, 4.69) is 31.3 Å². The van der Waals surface area contributed by atoms with E-state index in [1.165, 1.54) is 11.6 Å². The summed E-state index contributed by atoms with van der Waals surface area (Å²) >= 11 is 0. The van der Waals surface area contributed by atoms with Gasteiger partial charge in [0.2, 0.25) is 0 Å². The molecule has 0 aliphatic heterocycles.